The Labute approximate surface area is 173 Å². The molecule has 1 saturated heterocycles. The molecule has 3 aromatic rings. The van der Waals surface area contributed by atoms with E-state index in [1.807, 2.05) is 25.1 Å². The second-order valence-corrected chi connectivity index (χ2v) is 6.97. The maximum Gasteiger partial charge on any atom is 0.337 e. The van der Waals surface area contributed by atoms with E-state index in [1.54, 1.807) is 29.3 Å². The Balaban J connectivity index is 1.79. The zero-order valence-electron chi connectivity index (χ0n) is 16.8. The largest absolute Gasteiger partial charge is 0.465 e. The molecular weight excluding hydrogens is 384 g/mol. The lowest BCUT2D eigenvalue weighted by molar-refractivity contribution is 0.0303. The highest BCUT2D eigenvalue weighted by molar-refractivity contribution is 6.07. The number of benzene rings is 1. The lowest BCUT2D eigenvalue weighted by Gasteiger charge is -2.27. The molecule has 8 nitrogen and oxygen atoms in total. The molecule has 1 fully saturated rings. The standard InChI is InChI=1S/C22H22N4O4/c1-14-6-7-17-19(25-16-5-3-4-15(12-16)22(28)29-2)18(13-23-20(17)24-14)21(27)26-8-10-30-11-9-26/h3-7,12-13H,8-11H2,1-2H3,(H,23,24,25). The zero-order valence-corrected chi connectivity index (χ0v) is 16.8. The third kappa shape index (κ3) is 3.95. The fourth-order valence-corrected chi connectivity index (χ4v) is 3.39. The number of rotatable bonds is 4. The molecule has 0 unspecified atom stereocenters. The molecule has 1 aliphatic heterocycles. The summed E-state index contributed by atoms with van der Waals surface area (Å²) in [6, 6.07) is 10.7. The number of morpholine rings is 1. The summed E-state index contributed by atoms with van der Waals surface area (Å²) in [5, 5.41) is 4.03. The lowest BCUT2D eigenvalue weighted by Crippen LogP contribution is -2.41. The van der Waals surface area contributed by atoms with E-state index in [0.29, 0.717) is 54.5 Å². The molecule has 0 spiro atoms. The van der Waals surface area contributed by atoms with Crippen LogP contribution >= 0.6 is 0 Å². The van der Waals surface area contributed by atoms with Crippen LogP contribution in [0.15, 0.2) is 42.6 Å². The average Bonchev–Trinajstić information content (AvgIpc) is 2.79. The van der Waals surface area contributed by atoms with Crippen molar-refractivity contribution < 1.29 is 19.1 Å². The van der Waals surface area contributed by atoms with Gasteiger partial charge in [0.05, 0.1) is 37.1 Å². The van der Waals surface area contributed by atoms with Crippen molar-refractivity contribution in [1.29, 1.82) is 0 Å². The summed E-state index contributed by atoms with van der Waals surface area (Å²) < 4.78 is 10.2. The van der Waals surface area contributed by atoms with Gasteiger partial charge in [-0.25, -0.2) is 14.8 Å². The van der Waals surface area contributed by atoms with Gasteiger partial charge in [-0.3, -0.25) is 4.79 Å². The fourth-order valence-electron chi connectivity index (χ4n) is 3.39. The first-order valence-electron chi connectivity index (χ1n) is 9.65. The van der Waals surface area contributed by atoms with Gasteiger partial charge in [-0.05, 0) is 37.3 Å². The van der Waals surface area contributed by atoms with Gasteiger partial charge in [-0.1, -0.05) is 6.07 Å². The predicted octanol–water partition coefficient (Wildman–Crippen LogP) is 2.94. The number of nitrogens with zero attached hydrogens (tertiary/aromatic N) is 3. The minimum atomic E-state index is -0.430. The van der Waals surface area contributed by atoms with E-state index in [9.17, 15) is 9.59 Å². The number of esters is 1. The summed E-state index contributed by atoms with van der Waals surface area (Å²) in [6.07, 6.45) is 1.55. The molecule has 2 aromatic heterocycles. The van der Waals surface area contributed by atoms with Gasteiger partial charge >= 0.3 is 5.97 Å². The van der Waals surface area contributed by atoms with Gasteiger partial charge in [0.2, 0.25) is 0 Å². The number of hydrogen-bond acceptors (Lipinski definition) is 7. The quantitative estimate of drug-likeness (QED) is 0.666. The van der Waals surface area contributed by atoms with Gasteiger partial charge in [0.15, 0.2) is 5.65 Å². The van der Waals surface area contributed by atoms with Crippen LogP contribution in [0, 0.1) is 6.92 Å². The van der Waals surface area contributed by atoms with Crippen LogP contribution in [0.4, 0.5) is 11.4 Å². The summed E-state index contributed by atoms with van der Waals surface area (Å²) in [5.41, 5.74) is 3.49. The lowest BCUT2D eigenvalue weighted by atomic mass is 10.1. The van der Waals surface area contributed by atoms with Gasteiger partial charge in [0.1, 0.15) is 0 Å². The first kappa shape index (κ1) is 19.8. The number of fused-ring (bicyclic) bond motifs is 1. The molecule has 30 heavy (non-hydrogen) atoms. The average molecular weight is 406 g/mol. The molecule has 1 aromatic carbocycles. The van der Waals surface area contributed by atoms with Gasteiger partial charge in [0.25, 0.3) is 5.91 Å². The Morgan fingerprint density at radius 3 is 2.73 bits per heavy atom. The van der Waals surface area contributed by atoms with Crippen LogP contribution in [0.25, 0.3) is 11.0 Å². The molecule has 8 heteroatoms. The summed E-state index contributed by atoms with van der Waals surface area (Å²) >= 11 is 0. The third-order valence-electron chi connectivity index (χ3n) is 4.95. The molecule has 4 rings (SSSR count). The summed E-state index contributed by atoms with van der Waals surface area (Å²) in [4.78, 5) is 35.8. The van der Waals surface area contributed by atoms with Gasteiger partial charge in [0, 0.05) is 36.1 Å². The molecule has 0 saturated carbocycles. The molecule has 1 N–H and O–H groups in total. The second-order valence-electron chi connectivity index (χ2n) is 6.97. The fraction of sp³-hybridized carbons (Fsp3) is 0.273. The molecule has 0 radical (unpaired) electrons. The van der Waals surface area contributed by atoms with Gasteiger partial charge in [-0.2, -0.15) is 0 Å². The highest BCUT2D eigenvalue weighted by Crippen LogP contribution is 2.30. The highest BCUT2D eigenvalue weighted by atomic mass is 16.5. The number of nitrogens with one attached hydrogen (secondary N) is 1. The van der Waals surface area contributed by atoms with E-state index >= 15 is 0 Å². The smallest absolute Gasteiger partial charge is 0.337 e. The molecule has 154 valence electrons. The first-order chi connectivity index (χ1) is 14.6. The van der Waals surface area contributed by atoms with Crippen LogP contribution in [0.2, 0.25) is 0 Å². The normalized spacial score (nSPS) is 13.9. The molecule has 0 bridgehead atoms. The van der Waals surface area contributed by atoms with E-state index in [0.717, 1.165) is 11.1 Å². The van der Waals surface area contributed by atoms with E-state index in [4.69, 9.17) is 9.47 Å². The van der Waals surface area contributed by atoms with Crippen molar-refractivity contribution in [2.75, 3.05) is 38.7 Å². The Hall–Kier alpha value is -3.52. The van der Waals surface area contributed by atoms with Crippen LogP contribution < -0.4 is 5.32 Å². The SMILES string of the molecule is COC(=O)c1cccc(Nc2c(C(=O)N3CCOCC3)cnc3nc(C)ccc23)c1. The topological polar surface area (TPSA) is 93.7 Å². The van der Waals surface area contributed by atoms with Gasteiger partial charge in [-0.15, -0.1) is 0 Å². The van der Waals surface area contributed by atoms with Crippen LogP contribution in [-0.4, -0.2) is 60.2 Å². The molecule has 0 aliphatic carbocycles. The van der Waals surface area contributed by atoms with E-state index in [1.165, 1.54) is 7.11 Å². The minimum Gasteiger partial charge on any atom is -0.465 e. The molecule has 0 atom stereocenters. The molecule has 1 amide bonds. The monoisotopic (exact) mass is 406 g/mol. The predicted molar refractivity (Wildman–Crippen MR) is 112 cm³/mol. The second kappa shape index (κ2) is 8.46. The van der Waals surface area contributed by atoms with E-state index in [2.05, 4.69) is 15.3 Å². The van der Waals surface area contributed by atoms with Crippen LogP contribution in [0.3, 0.4) is 0 Å². The zero-order chi connectivity index (χ0) is 21.1. The number of ether oxygens (including phenoxy) is 2. The molecular formula is C22H22N4O4. The summed E-state index contributed by atoms with van der Waals surface area (Å²) in [7, 11) is 1.34. The van der Waals surface area contributed by atoms with Crippen molar-refractivity contribution in [2.24, 2.45) is 0 Å². The third-order valence-corrected chi connectivity index (χ3v) is 4.95. The first-order valence-corrected chi connectivity index (χ1v) is 9.65. The minimum absolute atomic E-state index is 0.125. The number of hydrogen-bond donors (Lipinski definition) is 1. The van der Waals surface area contributed by atoms with Gasteiger partial charge < -0.3 is 19.7 Å². The van der Waals surface area contributed by atoms with Crippen molar-refractivity contribution in [2.45, 2.75) is 6.92 Å². The van der Waals surface area contributed by atoms with Crippen molar-refractivity contribution in [3.63, 3.8) is 0 Å². The maximum absolute atomic E-state index is 13.2. The number of carbonyl (C=O) groups excluding carboxylic acids is 2. The number of aryl methyl sites for hydroxylation is 1. The van der Waals surface area contributed by atoms with Crippen molar-refractivity contribution in [1.82, 2.24) is 14.9 Å². The number of amides is 1. The molecule has 3 heterocycles. The summed E-state index contributed by atoms with van der Waals surface area (Å²) in [5.74, 6) is -0.556. The van der Waals surface area contributed by atoms with Crippen molar-refractivity contribution in [3.8, 4) is 0 Å². The van der Waals surface area contributed by atoms with E-state index < -0.39 is 5.97 Å². The number of carbonyl (C=O) groups is 2. The van der Waals surface area contributed by atoms with Crippen LogP contribution in [0.1, 0.15) is 26.4 Å². The molecule has 1 aliphatic rings. The van der Waals surface area contributed by atoms with E-state index in [-0.39, 0.29) is 5.91 Å². The van der Waals surface area contributed by atoms with Crippen molar-refractivity contribution in [3.05, 3.63) is 59.4 Å². The van der Waals surface area contributed by atoms with Crippen molar-refractivity contribution >= 4 is 34.3 Å². The van der Waals surface area contributed by atoms with Crippen LogP contribution in [-0.2, 0) is 9.47 Å². The Bertz CT molecular complexity index is 1110. The number of anilines is 2. The summed E-state index contributed by atoms with van der Waals surface area (Å²) in [6.45, 7) is 3.97. The van der Waals surface area contributed by atoms with Crippen LogP contribution in [0.5, 0.6) is 0 Å². The maximum atomic E-state index is 13.2. The number of aromatic nitrogens is 2. The Morgan fingerprint density at radius 1 is 1.17 bits per heavy atom. The Kier molecular flexibility index (Phi) is 5.58. The highest BCUT2D eigenvalue weighted by Gasteiger charge is 2.23. The Morgan fingerprint density at radius 2 is 1.97 bits per heavy atom. The number of methoxy groups -OCH3 is 1. The number of pyridine rings is 2.